The Bertz CT molecular complexity index is 510. The van der Waals surface area contributed by atoms with Crippen LogP contribution in [0.5, 0.6) is 5.75 Å². The molecular weight excluding hydrogens is 246 g/mol. The van der Waals surface area contributed by atoms with E-state index in [2.05, 4.69) is 54.7 Å². The second-order valence-corrected chi connectivity index (χ2v) is 4.96. The normalized spacial score (nSPS) is 12.1. The van der Waals surface area contributed by atoms with Gasteiger partial charge in [-0.3, -0.25) is 0 Å². The molecule has 2 aromatic rings. The fourth-order valence-corrected chi connectivity index (χ4v) is 2.54. The average molecular weight is 269 g/mol. The topological polar surface area (TPSA) is 21.3 Å². The van der Waals surface area contributed by atoms with Gasteiger partial charge in [-0.1, -0.05) is 55.5 Å². The van der Waals surface area contributed by atoms with Crippen molar-refractivity contribution in [1.82, 2.24) is 5.32 Å². The number of benzene rings is 2. The first-order valence-electron chi connectivity index (χ1n) is 7.22. The fraction of sp³-hybridized carbons (Fsp3) is 0.333. The molecule has 0 aliphatic rings. The van der Waals surface area contributed by atoms with Crippen LogP contribution >= 0.6 is 0 Å². The first kappa shape index (κ1) is 14.6. The standard InChI is InChI=1S/C18H23NO/c1-3-19-17(13-15-9-5-4-6-10-15)14-16-11-7-8-12-18(16)20-2/h4-12,17,19H,3,13-14H2,1-2H3. The molecule has 2 nitrogen and oxygen atoms in total. The van der Waals surface area contributed by atoms with Gasteiger partial charge >= 0.3 is 0 Å². The highest BCUT2D eigenvalue weighted by Crippen LogP contribution is 2.20. The lowest BCUT2D eigenvalue weighted by Gasteiger charge is -2.19. The smallest absolute Gasteiger partial charge is 0.122 e. The molecule has 0 saturated carbocycles. The Balaban J connectivity index is 2.09. The first-order valence-corrected chi connectivity index (χ1v) is 7.22. The monoisotopic (exact) mass is 269 g/mol. The molecule has 0 amide bonds. The van der Waals surface area contributed by atoms with Gasteiger partial charge in [0.15, 0.2) is 0 Å². The zero-order valence-corrected chi connectivity index (χ0v) is 12.3. The predicted octanol–water partition coefficient (Wildman–Crippen LogP) is 3.46. The summed E-state index contributed by atoms with van der Waals surface area (Å²) in [4.78, 5) is 0. The molecule has 0 saturated heterocycles. The van der Waals surface area contributed by atoms with Crippen molar-refractivity contribution >= 4 is 0 Å². The zero-order chi connectivity index (χ0) is 14.2. The number of ether oxygens (including phenoxy) is 1. The van der Waals surface area contributed by atoms with Crippen molar-refractivity contribution in [2.24, 2.45) is 0 Å². The molecule has 0 aromatic heterocycles. The molecule has 0 bridgehead atoms. The highest BCUT2D eigenvalue weighted by atomic mass is 16.5. The maximum Gasteiger partial charge on any atom is 0.122 e. The minimum Gasteiger partial charge on any atom is -0.496 e. The average Bonchev–Trinajstić information content (AvgIpc) is 2.49. The molecule has 0 spiro atoms. The van der Waals surface area contributed by atoms with E-state index in [9.17, 15) is 0 Å². The van der Waals surface area contributed by atoms with Crippen LogP contribution in [-0.4, -0.2) is 19.7 Å². The number of methoxy groups -OCH3 is 1. The van der Waals surface area contributed by atoms with Crippen LogP contribution in [0.2, 0.25) is 0 Å². The lowest BCUT2D eigenvalue weighted by Crippen LogP contribution is -2.33. The summed E-state index contributed by atoms with van der Waals surface area (Å²) in [5, 5.41) is 3.58. The quantitative estimate of drug-likeness (QED) is 0.831. The molecule has 0 heterocycles. The van der Waals surface area contributed by atoms with E-state index in [0.29, 0.717) is 6.04 Å². The number of hydrogen-bond acceptors (Lipinski definition) is 2. The highest BCUT2D eigenvalue weighted by Gasteiger charge is 2.12. The second-order valence-electron chi connectivity index (χ2n) is 4.96. The Kier molecular flexibility index (Phi) is 5.63. The number of likely N-dealkylation sites (N-methyl/N-ethyl adjacent to an activating group) is 1. The highest BCUT2D eigenvalue weighted by molar-refractivity contribution is 5.34. The molecule has 106 valence electrons. The van der Waals surface area contributed by atoms with Gasteiger partial charge in [0.1, 0.15) is 5.75 Å². The van der Waals surface area contributed by atoms with Gasteiger partial charge in [0.25, 0.3) is 0 Å². The third-order valence-electron chi connectivity index (χ3n) is 3.48. The largest absolute Gasteiger partial charge is 0.496 e. The summed E-state index contributed by atoms with van der Waals surface area (Å²) in [5.74, 6) is 0.975. The van der Waals surface area contributed by atoms with E-state index in [1.807, 2.05) is 12.1 Å². The summed E-state index contributed by atoms with van der Waals surface area (Å²) in [5.41, 5.74) is 2.63. The Morgan fingerprint density at radius 2 is 1.65 bits per heavy atom. The molecule has 1 unspecified atom stereocenters. The van der Waals surface area contributed by atoms with Gasteiger partial charge in [0.2, 0.25) is 0 Å². The van der Waals surface area contributed by atoms with Crippen LogP contribution in [0.25, 0.3) is 0 Å². The summed E-state index contributed by atoms with van der Waals surface area (Å²) < 4.78 is 5.45. The van der Waals surface area contributed by atoms with E-state index in [-0.39, 0.29) is 0 Å². The van der Waals surface area contributed by atoms with E-state index in [0.717, 1.165) is 25.1 Å². The van der Waals surface area contributed by atoms with Crippen molar-refractivity contribution in [2.75, 3.05) is 13.7 Å². The maximum atomic E-state index is 5.45. The van der Waals surface area contributed by atoms with E-state index < -0.39 is 0 Å². The Hall–Kier alpha value is -1.80. The van der Waals surface area contributed by atoms with Crippen LogP contribution in [0.15, 0.2) is 54.6 Å². The Labute approximate surface area is 121 Å². The maximum absolute atomic E-state index is 5.45. The molecule has 20 heavy (non-hydrogen) atoms. The van der Waals surface area contributed by atoms with Crippen molar-refractivity contribution in [3.05, 3.63) is 65.7 Å². The van der Waals surface area contributed by atoms with Crippen LogP contribution in [0.3, 0.4) is 0 Å². The van der Waals surface area contributed by atoms with Gasteiger partial charge in [0, 0.05) is 6.04 Å². The molecule has 0 radical (unpaired) electrons. The summed E-state index contributed by atoms with van der Waals surface area (Å²) in [7, 11) is 1.73. The van der Waals surface area contributed by atoms with Crippen LogP contribution in [0, 0.1) is 0 Å². The summed E-state index contributed by atoms with van der Waals surface area (Å²) >= 11 is 0. The molecule has 2 aromatic carbocycles. The Morgan fingerprint density at radius 3 is 2.35 bits per heavy atom. The summed E-state index contributed by atoms with van der Waals surface area (Å²) in [6.07, 6.45) is 2.01. The molecule has 0 aliphatic heterocycles. The number of rotatable bonds is 7. The molecule has 2 rings (SSSR count). The van der Waals surface area contributed by atoms with Crippen LogP contribution in [0.1, 0.15) is 18.1 Å². The summed E-state index contributed by atoms with van der Waals surface area (Å²) in [6.45, 7) is 3.13. The second kappa shape index (κ2) is 7.71. The number of hydrogen-bond donors (Lipinski definition) is 1. The van der Waals surface area contributed by atoms with Crippen molar-refractivity contribution < 1.29 is 4.74 Å². The van der Waals surface area contributed by atoms with Crippen molar-refractivity contribution in [1.29, 1.82) is 0 Å². The lowest BCUT2D eigenvalue weighted by atomic mass is 9.98. The molecule has 0 aliphatic carbocycles. The fourth-order valence-electron chi connectivity index (χ4n) is 2.54. The minimum atomic E-state index is 0.429. The summed E-state index contributed by atoms with van der Waals surface area (Å²) in [6, 6.07) is 19.3. The van der Waals surface area contributed by atoms with Crippen LogP contribution in [-0.2, 0) is 12.8 Å². The van der Waals surface area contributed by atoms with Crippen LogP contribution in [0.4, 0.5) is 0 Å². The van der Waals surface area contributed by atoms with E-state index in [1.54, 1.807) is 7.11 Å². The molecule has 0 fully saturated rings. The minimum absolute atomic E-state index is 0.429. The zero-order valence-electron chi connectivity index (χ0n) is 12.3. The first-order chi connectivity index (χ1) is 9.83. The number of nitrogens with one attached hydrogen (secondary N) is 1. The molecule has 1 atom stereocenters. The third kappa shape index (κ3) is 4.10. The molecular formula is C18H23NO. The van der Waals surface area contributed by atoms with Gasteiger partial charge in [-0.05, 0) is 36.6 Å². The van der Waals surface area contributed by atoms with Gasteiger partial charge in [-0.2, -0.15) is 0 Å². The van der Waals surface area contributed by atoms with E-state index in [1.165, 1.54) is 11.1 Å². The molecule has 2 heteroatoms. The van der Waals surface area contributed by atoms with Gasteiger partial charge < -0.3 is 10.1 Å². The van der Waals surface area contributed by atoms with E-state index in [4.69, 9.17) is 4.74 Å². The van der Waals surface area contributed by atoms with Gasteiger partial charge in [0.05, 0.1) is 7.11 Å². The SMILES string of the molecule is CCNC(Cc1ccccc1)Cc1ccccc1OC. The third-order valence-corrected chi connectivity index (χ3v) is 3.48. The van der Waals surface area contributed by atoms with Crippen molar-refractivity contribution in [3.63, 3.8) is 0 Å². The molecule has 1 N–H and O–H groups in total. The van der Waals surface area contributed by atoms with Gasteiger partial charge in [-0.25, -0.2) is 0 Å². The lowest BCUT2D eigenvalue weighted by molar-refractivity contribution is 0.404. The predicted molar refractivity (Wildman–Crippen MR) is 84.3 cm³/mol. The van der Waals surface area contributed by atoms with Crippen molar-refractivity contribution in [2.45, 2.75) is 25.8 Å². The van der Waals surface area contributed by atoms with Gasteiger partial charge in [-0.15, -0.1) is 0 Å². The Morgan fingerprint density at radius 1 is 0.950 bits per heavy atom. The van der Waals surface area contributed by atoms with Crippen molar-refractivity contribution in [3.8, 4) is 5.75 Å². The van der Waals surface area contributed by atoms with E-state index >= 15 is 0 Å². The van der Waals surface area contributed by atoms with Crippen LogP contribution < -0.4 is 10.1 Å². The number of para-hydroxylation sites is 1.